The number of aryl methyl sites for hydroxylation is 2. The first kappa shape index (κ1) is 33.8. The van der Waals surface area contributed by atoms with E-state index in [4.69, 9.17) is 11.5 Å². The molecule has 0 saturated heterocycles. The molecule has 0 radical (unpaired) electrons. The van der Waals surface area contributed by atoms with Crippen molar-refractivity contribution in [1.82, 2.24) is 0 Å². The van der Waals surface area contributed by atoms with Gasteiger partial charge in [0.15, 0.2) is 0 Å². The van der Waals surface area contributed by atoms with Crippen molar-refractivity contribution in [3.8, 4) is 59.9 Å². The molecular weight excluding hydrogens is 701 g/mol. The molecule has 9 heteroatoms. The van der Waals surface area contributed by atoms with E-state index in [1.807, 2.05) is 46.1 Å². The molecule has 248 valence electrons. The van der Waals surface area contributed by atoms with Gasteiger partial charge in [-0.3, -0.25) is 4.79 Å². The Kier molecular flexibility index (Phi) is 10.4. The van der Waals surface area contributed by atoms with Gasteiger partial charge >= 0.3 is 5.97 Å². The molecule has 2 aromatic carbocycles. The van der Waals surface area contributed by atoms with Gasteiger partial charge in [0.25, 0.3) is 0 Å². The smallest absolute Gasteiger partial charge is 0.303 e. The van der Waals surface area contributed by atoms with Crippen LogP contribution in [0.3, 0.4) is 0 Å². The van der Waals surface area contributed by atoms with Gasteiger partial charge in [0.05, 0.1) is 0 Å². The van der Waals surface area contributed by atoms with E-state index in [1.165, 1.54) is 65.5 Å². The zero-order valence-corrected chi connectivity index (χ0v) is 31.1. The van der Waals surface area contributed by atoms with Gasteiger partial charge in [0.1, 0.15) is 0 Å². The summed E-state index contributed by atoms with van der Waals surface area (Å²) < 4.78 is 0. The molecule has 7 rings (SSSR count). The highest BCUT2D eigenvalue weighted by Crippen LogP contribution is 2.49. The molecule has 0 spiro atoms. The summed E-state index contributed by atoms with van der Waals surface area (Å²) in [4.78, 5) is 23.9. The van der Waals surface area contributed by atoms with Gasteiger partial charge in [-0.2, -0.15) is 0 Å². The van der Waals surface area contributed by atoms with Crippen LogP contribution in [0.2, 0.25) is 0 Å². The highest BCUT2D eigenvalue weighted by Gasteiger charge is 2.20. The van der Waals surface area contributed by atoms with Crippen molar-refractivity contribution >= 4 is 62.7 Å². The average Bonchev–Trinajstić information content (AvgIpc) is 3.96. The lowest BCUT2D eigenvalue weighted by atomic mass is 10.1. The number of thiophene rings is 5. The van der Waals surface area contributed by atoms with E-state index in [9.17, 15) is 9.90 Å². The van der Waals surface area contributed by atoms with Crippen LogP contribution in [0.25, 0.3) is 59.9 Å². The minimum absolute atomic E-state index is 0.106. The Morgan fingerprint density at radius 2 is 0.959 bits per heavy atom. The fourth-order valence-corrected chi connectivity index (χ4v) is 12.1. The van der Waals surface area contributed by atoms with Gasteiger partial charge in [-0.15, -0.1) is 56.7 Å². The Balaban J connectivity index is 1.22. The van der Waals surface area contributed by atoms with Crippen molar-refractivity contribution in [1.29, 1.82) is 0 Å². The number of nitrogens with two attached hydrogens (primary N) is 2. The Morgan fingerprint density at radius 1 is 0.531 bits per heavy atom. The van der Waals surface area contributed by atoms with Crippen LogP contribution in [0.4, 0.5) is 0 Å². The maximum absolute atomic E-state index is 11.6. The Labute approximate surface area is 307 Å². The van der Waals surface area contributed by atoms with Gasteiger partial charge in [-0.05, 0) is 94.8 Å². The second kappa shape index (κ2) is 15.1. The molecule has 5 aromatic heterocycles. The lowest BCUT2D eigenvalue weighted by Crippen LogP contribution is -1.97. The summed E-state index contributed by atoms with van der Waals surface area (Å²) in [6, 6.07) is 34.6. The average molecular weight is 737 g/mol. The van der Waals surface area contributed by atoms with Gasteiger partial charge in [-0.25, -0.2) is 0 Å². The molecular formula is C40H36N2O2S5. The second-order valence-corrected chi connectivity index (χ2v) is 17.1. The first-order chi connectivity index (χ1) is 23.9. The molecule has 0 unspecified atom stereocenters. The molecule has 0 aliphatic rings. The van der Waals surface area contributed by atoms with Crippen molar-refractivity contribution in [2.24, 2.45) is 11.5 Å². The summed E-state index contributed by atoms with van der Waals surface area (Å²) in [6.45, 7) is 3.26. The number of hydrogen-bond acceptors (Lipinski definition) is 8. The van der Waals surface area contributed by atoms with Crippen molar-refractivity contribution in [3.05, 3.63) is 119 Å². The predicted molar refractivity (Wildman–Crippen MR) is 214 cm³/mol. The molecule has 5 N–H and O–H groups in total. The van der Waals surface area contributed by atoms with Gasteiger partial charge < -0.3 is 16.6 Å². The molecule has 0 amide bonds. The summed E-state index contributed by atoms with van der Waals surface area (Å²) in [5.74, 6) is -0.777. The summed E-state index contributed by atoms with van der Waals surface area (Å²) in [6.07, 6.45) is 2.71. The van der Waals surface area contributed by atoms with Crippen LogP contribution < -0.4 is 11.5 Å². The molecule has 7 aromatic rings. The quantitative estimate of drug-likeness (QED) is 0.110. The normalized spacial score (nSPS) is 11.4. The second-order valence-electron chi connectivity index (χ2n) is 11.8. The van der Waals surface area contributed by atoms with E-state index >= 15 is 0 Å². The largest absolute Gasteiger partial charge is 0.481 e. The lowest BCUT2D eigenvalue weighted by molar-refractivity contribution is -0.136. The molecule has 0 bridgehead atoms. The van der Waals surface area contributed by atoms with Crippen LogP contribution in [0.5, 0.6) is 0 Å². The Hall–Kier alpha value is -3.67. The van der Waals surface area contributed by atoms with E-state index in [1.54, 1.807) is 22.7 Å². The number of carbonyl (C=O) groups is 1. The third kappa shape index (κ3) is 7.16. The third-order valence-corrected chi connectivity index (χ3v) is 14.9. The topological polar surface area (TPSA) is 89.3 Å². The van der Waals surface area contributed by atoms with Crippen molar-refractivity contribution in [2.75, 3.05) is 0 Å². The molecule has 0 fully saturated rings. The van der Waals surface area contributed by atoms with Gasteiger partial charge in [0, 0.05) is 68.3 Å². The molecule has 0 aliphatic carbocycles. The SMILES string of the molecule is CCCc1cc(-c2ccc(-c3ccccc3CN)s2)sc1-c1ccc(-c2sc(-c3ccc(-c4ccccc4CN)s3)cc2CCC(=O)O)s1. The highest BCUT2D eigenvalue weighted by molar-refractivity contribution is 7.30. The zero-order chi connectivity index (χ0) is 33.9. The number of hydrogen-bond donors (Lipinski definition) is 3. The van der Waals surface area contributed by atoms with Crippen LogP contribution in [0, 0.1) is 0 Å². The maximum Gasteiger partial charge on any atom is 0.303 e. The Bertz CT molecular complexity index is 2230. The number of carboxylic acids is 1. The third-order valence-electron chi connectivity index (χ3n) is 8.50. The minimum atomic E-state index is -0.777. The van der Waals surface area contributed by atoms with Gasteiger partial charge in [-0.1, -0.05) is 61.9 Å². The fourth-order valence-electron chi connectivity index (χ4n) is 6.09. The lowest BCUT2D eigenvalue weighted by Gasteiger charge is -2.04. The summed E-state index contributed by atoms with van der Waals surface area (Å²) in [5.41, 5.74) is 19.3. The number of aliphatic carboxylic acids is 1. The summed E-state index contributed by atoms with van der Waals surface area (Å²) in [7, 11) is 0. The molecule has 0 saturated carbocycles. The fraction of sp³-hybridized carbons (Fsp3) is 0.175. The molecule has 0 aliphatic heterocycles. The summed E-state index contributed by atoms with van der Waals surface area (Å²) in [5, 5.41) is 9.56. The van der Waals surface area contributed by atoms with E-state index in [0.717, 1.165) is 29.5 Å². The standard InChI is InChI=1S/C40H36N2O2S5/c1-2-7-24-20-36(32-15-13-30(45-32)28-10-5-3-8-26(28)22-41)48-39(24)34-17-18-35(47-34)40-25(12-19-38(43)44)21-37(49-40)33-16-14-31(46-33)29-11-6-4-9-27(29)23-42/h3-6,8-11,13-18,20-21H,2,7,12,19,22-23,41-42H2,1H3,(H,43,44). The molecule has 0 atom stereocenters. The number of carboxylic acid groups (broad SMARTS) is 1. The maximum atomic E-state index is 11.6. The zero-order valence-electron chi connectivity index (χ0n) is 27.0. The molecule has 49 heavy (non-hydrogen) atoms. The van der Waals surface area contributed by atoms with E-state index < -0.39 is 5.97 Å². The minimum Gasteiger partial charge on any atom is -0.481 e. The van der Waals surface area contributed by atoms with Gasteiger partial charge in [0.2, 0.25) is 0 Å². The Morgan fingerprint density at radius 3 is 1.43 bits per heavy atom. The summed E-state index contributed by atoms with van der Waals surface area (Å²) >= 11 is 9.03. The van der Waals surface area contributed by atoms with E-state index in [2.05, 4.69) is 91.9 Å². The first-order valence-electron chi connectivity index (χ1n) is 16.3. The van der Waals surface area contributed by atoms with Crippen molar-refractivity contribution in [3.63, 3.8) is 0 Å². The monoisotopic (exact) mass is 736 g/mol. The van der Waals surface area contributed by atoms with Crippen LogP contribution in [0.15, 0.2) is 97.1 Å². The number of rotatable bonds is 13. The van der Waals surface area contributed by atoms with Crippen LogP contribution in [-0.4, -0.2) is 11.1 Å². The molecule has 5 heterocycles. The number of benzene rings is 2. The van der Waals surface area contributed by atoms with Crippen LogP contribution in [0.1, 0.15) is 42.0 Å². The van der Waals surface area contributed by atoms with Crippen molar-refractivity contribution in [2.45, 2.75) is 45.7 Å². The predicted octanol–water partition coefficient (Wildman–Crippen LogP) is 11.9. The highest BCUT2D eigenvalue weighted by atomic mass is 32.1. The van der Waals surface area contributed by atoms with Crippen LogP contribution >= 0.6 is 56.7 Å². The first-order valence-corrected chi connectivity index (χ1v) is 20.4. The van der Waals surface area contributed by atoms with E-state index in [-0.39, 0.29) is 6.42 Å². The molecule has 4 nitrogen and oxygen atoms in total. The van der Waals surface area contributed by atoms with E-state index in [0.29, 0.717) is 19.5 Å². The van der Waals surface area contributed by atoms with Crippen molar-refractivity contribution < 1.29 is 9.90 Å². The van der Waals surface area contributed by atoms with Crippen LogP contribution in [-0.2, 0) is 30.7 Å².